The average Bonchev–Trinajstić information content (AvgIpc) is 2.53. The molecule has 0 amide bonds. The van der Waals surface area contributed by atoms with Crippen LogP contribution in [0.2, 0.25) is 0 Å². The fraction of sp³-hybridized carbons (Fsp3) is 0.250. The van der Waals surface area contributed by atoms with Gasteiger partial charge in [-0.15, -0.1) is 23.5 Å². The Morgan fingerprint density at radius 3 is 1.20 bits per heavy atom. The lowest BCUT2D eigenvalue weighted by Crippen LogP contribution is -2.10. The number of thioether (sulfide) groups is 2. The summed E-state index contributed by atoms with van der Waals surface area (Å²) in [6.45, 7) is 0. The summed E-state index contributed by atoms with van der Waals surface area (Å²) in [5.74, 6) is 0. The lowest BCUT2D eigenvalue weighted by molar-refractivity contribution is 0.0172. The van der Waals surface area contributed by atoms with E-state index in [2.05, 4.69) is 0 Å². The third-order valence-electron chi connectivity index (χ3n) is 3.21. The van der Waals surface area contributed by atoms with Gasteiger partial charge in [0.25, 0.3) is 0 Å². The van der Waals surface area contributed by atoms with Crippen LogP contribution in [0.15, 0.2) is 58.3 Å². The molecule has 0 aliphatic heterocycles. The molecule has 0 fully saturated rings. The molecule has 2 aromatic carbocycles. The van der Waals surface area contributed by atoms with Gasteiger partial charge in [0, 0.05) is 9.79 Å². The van der Waals surface area contributed by atoms with Gasteiger partial charge in [0.1, 0.15) is 12.2 Å². The average molecular weight is 306 g/mol. The molecule has 0 aliphatic rings. The first kappa shape index (κ1) is 15.4. The minimum Gasteiger partial charge on any atom is -0.385 e. The molecule has 0 spiro atoms. The second-order valence-electron chi connectivity index (χ2n) is 4.44. The van der Waals surface area contributed by atoms with Gasteiger partial charge in [-0.3, -0.25) is 0 Å². The first-order chi connectivity index (χ1) is 9.65. The summed E-state index contributed by atoms with van der Waals surface area (Å²) in [5, 5.41) is 20.5. The summed E-state index contributed by atoms with van der Waals surface area (Å²) in [6, 6.07) is 15.2. The zero-order valence-electron chi connectivity index (χ0n) is 11.5. The van der Waals surface area contributed by atoms with Crippen LogP contribution in [0.25, 0.3) is 0 Å². The fourth-order valence-corrected chi connectivity index (χ4v) is 2.78. The molecule has 2 N–H and O–H groups in total. The molecule has 2 unspecified atom stereocenters. The smallest absolute Gasteiger partial charge is 0.109 e. The van der Waals surface area contributed by atoms with Crippen LogP contribution in [-0.2, 0) is 0 Å². The van der Waals surface area contributed by atoms with Gasteiger partial charge in [0.05, 0.1) is 0 Å². The van der Waals surface area contributed by atoms with E-state index in [1.807, 2.05) is 61.0 Å². The molecule has 106 valence electrons. The van der Waals surface area contributed by atoms with Gasteiger partial charge in [0.2, 0.25) is 0 Å². The molecule has 0 saturated carbocycles. The standard InChI is InChI=1S/C16H18O2S2/c1-19-13-7-3-11(4-8-13)15(17)16(18)12-5-9-14(20-2)10-6-12/h3-10,15-18H,1-2H3. The maximum absolute atomic E-state index is 10.3. The maximum atomic E-state index is 10.3. The van der Waals surface area contributed by atoms with Gasteiger partial charge in [-0.1, -0.05) is 24.3 Å². The molecule has 0 radical (unpaired) electrons. The second-order valence-corrected chi connectivity index (χ2v) is 6.20. The monoisotopic (exact) mass is 306 g/mol. The molecule has 2 nitrogen and oxygen atoms in total. The molecule has 2 atom stereocenters. The molecule has 0 bridgehead atoms. The van der Waals surface area contributed by atoms with Crippen molar-refractivity contribution in [1.29, 1.82) is 0 Å². The normalized spacial score (nSPS) is 14.0. The predicted octanol–water partition coefficient (Wildman–Crippen LogP) is 3.90. The van der Waals surface area contributed by atoms with Crippen LogP contribution in [0, 0.1) is 0 Å². The minimum atomic E-state index is -0.911. The predicted molar refractivity (Wildman–Crippen MR) is 86.4 cm³/mol. The van der Waals surface area contributed by atoms with Crippen molar-refractivity contribution in [2.75, 3.05) is 12.5 Å². The van der Waals surface area contributed by atoms with Crippen LogP contribution in [0.1, 0.15) is 23.3 Å². The summed E-state index contributed by atoms with van der Waals surface area (Å²) in [4.78, 5) is 2.28. The van der Waals surface area contributed by atoms with Crippen molar-refractivity contribution in [2.24, 2.45) is 0 Å². The maximum Gasteiger partial charge on any atom is 0.109 e. The summed E-state index contributed by atoms with van der Waals surface area (Å²) in [5.41, 5.74) is 1.45. The highest BCUT2D eigenvalue weighted by atomic mass is 32.2. The summed E-state index contributed by atoms with van der Waals surface area (Å²) >= 11 is 3.30. The number of benzene rings is 2. The number of hydrogen-bond acceptors (Lipinski definition) is 4. The molecule has 2 rings (SSSR count). The summed E-state index contributed by atoms with van der Waals surface area (Å²) in [6.07, 6.45) is 2.19. The molecule has 0 aromatic heterocycles. The Morgan fingerprint density at radius 2 is 0.950 bits per heavy atom. The third kappa shape index (κ3) is 3.58. The van der Waals surface area contributed by atoms with Crippen molar-refractivity contribution < 1.29 is 10.2 Å². The molecule has 0 heterocycles. The van der Waals surface area contributed by atoms with Gasteiger partial charge in [-0.05, 0) is 47.9 Å². The van der Waals surface area contributed by atoms with Gasteiger partial charge < -0.3 is 10.2 Å². The Labute approximate surface area is 128 Å². The van der Waals surface area contributed by atoms with E-state index in [0.29, 0.717) is 0 Å². The van der Waals surface area contributed by atoms with Crippen molar-refractivity contribution in [3.8, 4) is 0 Å². The SMILES string of the molecule is CSc1ccc(C(O)C(O)c2ccc(SC)cc2)cc1. The van der Waals surface area contributed by atoms with Gasteiger partial charge in [-0.2, -0.15) is 0 Å². The number of aliphatic hydroxyl groups is 2. The molecular weight excluding hydrogens is 288 g/mol. The Morgan fingerprint density at radius 1 is 0.650 bits per heavy atom. The Balaban J connectivity index is 2.15. The highest BCUT2D eigenvalue weighted by Gasteiger charge is 2.20. The third-order valence-corrected chi connectivity index (χ3v) is 4.70. The number of aliphatic hydroxyl groups excluding tert-OH is 2. The van der Waals surface area contributed by atoms with Crippen LogP contribution in [0.4, 0.5) is 0 Å². The van der Waals surface area contributed by atoms with Gasteiger partial charge >= 0.3 is 0 Å². The topological polar surface area (TPSA) is 40.5 Å². The Kier molecular flexibility index (Phi) is 5.54. The highest BCUT2D eigenvalue weighted by Crippen LogP contribution is 2.30. The zero-order chi connectivity index (χ0) is 14.5. The van der Waals surface area contributed by atoms with E-state index in [0.717, 1.165) is 20.9 Å². The Hall–Kier alpha value is -0.940. The molecular formula is C16H18O2S2. The molecule has 0 saturated heterocycles. The highest BCUT2D eigenvalue weighted by molar-refractivity contribution is 7.98. The van der Waals surface area contributed by atoms with Crippen molar-refractivity contribution in [1.82, 2.24) is 0 Å². The number of hydrogen-bond donors (Lipinski definition) is 2. The van der Waals surface area contributed by atoms with Crippen LogP contribution in [0.3, 0.4) is 0 Å². The Bertz CT molecular complexity index is 486. The van der Waals surface area contributed by atoms with E-state index >= 15 is 0 Å². The van der Waals surface area contributed by atoms with Crippen LogP contribution in [-0.4, -0.2) is 22.7 Å². The van der Waals surface area contributed by atoms with Crippen molar-refractivity contribution in [2.45, 2.75) is 22.0 Å². The van der Waals surface area contributed by atoms with Crippen molar-refractivity contribution in [3.05, 3.63) is 59.7 Å². The van der Waals surface area contributed by atoms with E-state index < -0.39 is 12.2 Å². The fourth-order valence-electron chi connectivity index (χ4n) is 1.97. The quantitative estimate of drug-likeness (QED) is 0.822. The van der Waals surface area contributed by atoms with Gasteiger partial charge in [-0.25, -0.2) is 0 Å². The molecule has 0 aliphatic carbocycles. The molecule has 2 aromatic rings. The van der Waals surface area contributed by atoms with Crippen molar-refractivity contribution in [3.63, 3.8) is 0 Å². The van der Waals surface area contributed by atoms with Crippen molar-refractivity contribution >= 4 is 23.5 Å². The molecule has 4 heteroatoms. The second kappa shape index (κ2) is 7.18. The lowest BCUT2D eigenvalue weighted by Gasteiger charge is -2.19. The van der Waals surface area contributed by atoms with E-state index in [4.69, 9.17) is 0 Å². The first-order valence-corrected chi connectivity index (χ1v) is 8.74. The lowest BCUT2D eigenvalue weighted by atomic mass is 9.98. The van der Waals surface area contributed by atoms with E-state index in [9.17, 15) is 10.2 Å². The van der Waals surface area contributed by atoms with Crippen LogP contribution >= 0.6 is 23.5 Å². The van der Waals surface area contributed by atoms with E-state index in [-0.39, 0.29) is 0 Å². The van der Waals surface area contributed by atoms with Gasteiger partial charge in [0.15, 0.2) is 0 Å². The first-order valence-electron chi connectivity index (χ1n) is 6.29. The summed E-state index contributed by atoms with van der Waals surface area (Å²) < 4.78 is 0. The van der Waals surface area contributed by atoms with Crippen LogP contribution in [0.5, 0.6) is 0 Å². The summed E-state index contributed by atoms with van der Waals surface area (Å²) in [7, 11) is 0. The number of rotatable bonds is 5. The van der Waals surface area contributed by atoms with Crippen LogP contribution < -0.4 is 0 Å². The van der Waals surface area contributed by atoms with E-state index in [1.165, 1.54) is 0 Å². The largest absolute Gasteiger partial charge is 0.385 e. The minimum absolute atomic E-state index is 0.726. The zero-order valence-corrected chi connectivity index (χ0v) is 13.1. The molecule has 20 heavy (non-hydrogen) atoms. The van der Waals surface area contributed by atoms with E-state index in [1.54, 1.807) is 23.5 Å².